The average molecular weight is 282 g/mol. The predicted molar refractivity (Wildman–Crippen MR) is 74.8 cm³/mol. The lowest BCUT2D eigenvalue weighted by atomic mass is 10.0. The van der Waals surface area contributed by atoms with Gasteiger partial charge in [-0.1, -0.05) is 11.6 Å². The molecule has 0 bridgehead atoms. The Morgan fingerprint density at radius 3 is 2.47 bits per heavy atom. The van der Waals surface area contributed by atoms with Crippen molar-refractivity contribution in [2.24, 2.45) is 0 Å². The van der Waals surface area contributed by atoms with Crippen molar-refractivity contribution >= 4 is 20.8 Å². The molecule has 0 aliphatic carbocycles. The summed E-state index contributed by atoms with van der Waals surface area (Å²) in [5.74, 6) is 0.274. The number of furan rings is 1. The standard InChI is InChI=1S/C14H18O4S/c1-9-5-6-11-10(7-9)8-12(18-11)13(15)14(2,3)19(4,16)17/h5-8,13,15H,1-4H3. The van der Waals surface area contributed by atoms with Crippen LogP contribution >= 0.6 is 0 Å². The normalized spacial score (nSPS) is 14.8. The van der Waals surface area contributed by atoms with E-state index < -0.39 is 20.7 Å². The van der Waals surface area contributed by atoms with Gasteiger partial charge in [0.2, 0.25) is 0 Å². The van der Waals surface area contributed by atoms with Gasteiger partial charge in [0, 0.05) is 11.6 Å². The van der Waals surface area contributed by atoms with E-state index in [0.29, 0.717) is 5.58 Å². The number of sulfone groups is 1. The Balaban J connectivity index is 2.50. The number of benzene rings is 1. The average Bonchev–Trinajstić information content (AvgIpc) is 2.68. The lowest BCUT2D eigenvalue weighted by molar-refractivity contribution is 0.116. The largest absolute Gasteiger partial charge is 0.458 e. The van der Waals surface area contributed by atoms with Crippen molar-refractivity contribution in [2.45, 2.75) is 31.6 Å². The van der Waals surface area contributed by atoms with Crippen molar-refractivity contribution in [3.8, 4) is 0 Å². The first-order chi connectivity index (χ1) is 8.63. The Morgan fingerprint density at radius 2 is 1.89 bits per heavy atom. The SMILES string of the molecule is Cc1ccc2oc(C(O)C(C)(C)S(C)(=O)=O)cc2c1. The number of hydrogen-bond donors (Lipinski definition) is 1. The maximum Gasteiger partial charge on any atom is 0.155 e. The monoisotopic (exact) mass is 282 g/mol. The molecule has 5 heteroatoms. The smallest absolute Gasteiger partial charge is 0.155 e. The molecule has 1 aromatic carbocycles. The second kappa shape index (κ2) is 4.35. The molecule has 0 aliphatic heterocycles. The van der Waals surface area contributed by atoms with Crippen LogP contribution in [-0.2, 0) is 9.84 Å². The fourth-order valence-electron chi connectivity index (χ4n) is 1.86. The lowest BCUT2D eigenvalue weighted by Crippen LogP contribution is -2.37. The summed E-state index contributed by atoms with van der Waals surface area (Å²) in [5, 5.41) is 11.1. The van der Waals surface area contributed by atoms with Gasteiger partial charge in [0.15, 0.2) is 9.84 Å². The fraction of sp³-hybridized carbons (Fsp3) is 0.429. The molecule has 1 unspecified atom stereocenters. The van der Waals surface area contributed by atoms with Crippen LogP contribution in [0.4, 0.5) is 0 Å². The maximum absolute atomic E-state index is 11.7. The van der Waals surface area contributed by atoms with E-state index in [4.69, 9.17) is 4.42 Å². The van der Waals surface area contributed by atoms with Gasteiger partial charge in [-0.25, -0.2) is 8.42 Å². The van der Waals surface area contributed by atoms with E-state index in [0.717, 1.165) is 17.2 Å². The van der Waals surface area contributed by atoms with E-state index >= 15 is 0 Å². The molecule has 4 nitrogen and oxygen atoms in total. The molecule has 19 heavy (non-hydrogen) atoms. The van der Waals surface area contributed by atoms with E-state index in [1.165, 1.54) is 13.8 Å². The Labute approximate surface area is 113 Å². The Kier molecular flexibility index (Phi) is 3.23. The molecule has 0 saturated carbocycles. The van der Waals surface area contributed by atoms with Crippen molar-refractivity contribution in [2.75, 3.05) is 6.26 Å². The molecular formula is C14H18O4S. The second-order valence-corrected chi connectivity index (χ2v) is 8.06. The first-order valence-electron chi connectivity index (χ1n) is 6.00. The second-order valence-electron chi connectivity index (χ2n) is 5.47. The van der Waals surface area contributed by atoms with Gasteiger partial charge >= 0.3 is 0 Å². The highest BCUT2D eigenvalue weighted by Crippen LogP contribution is 2.35. The minimum Gasteiger partial charge on any atom is -0.458 e. The van der Waals surface area contributed by atoms with Crippen LogP contribution in [0, 0.1) is 6.92 Å². The molecule has 0 spiro atoms. The molecule has 2 aromatic rings. The predicted octanol–water partition coefficient (Wildman–Crippen LogP) is 2.60. The molecule has 104 valence electrons. The summed E-state index contributed by atoms with van der Waals surface area (Å²) in [5.41, 5.74) is 1.72. The minimum atomic E-state index is -3.41. The number of hydrogen-bond acceptors (Lipinski definition) is 4. The van der Waals surface area contributed by atoms with Gasteiger partial charge in [-0.15, -0.1) is 0 Å². The highest BCUT2D eigenvalue weighted by Gasteiger charge is 2.40. The third-order valence-electron chi connectivity index (χ3n) is 3.57. The molecule has 2 rings (SSSR count). The molecule has 0 radical (unpaired) electrons. The summed E-state index contributed by atoms with van der Waals surface area (Å²) < 4.78 is 27.7. The van der Waals surface area contributed by atoms with Crippen LogP contribution in [-0.4, -0.2) is 24.5 Å². The van der Waals surface area contributed by atoms with Crippen LogP contribution in [0.25, 0.3) is 11.0 Å². The number of aliphatic hydroxyl groups excluding tert-OH is 1. The summed E-state index contributed by atoms with van der Waals surface area (Å²) in [4.78, 5) is 0. The molecule has 1 atom stereocenters. The Bertz CT molecular complexity index is 710. The van der Waals surface area contributed by atoms with E-state index in [1.54, 1.807) is 6.07 Å². The van der Waals surface area contributed by atoms with Gasteiger partial charge in [0.1, 0.15) is 17.4 Å². The van der Waals surface area contributed by atoms with Crippen LogP contribution in [0.15, 0.2) is 28.7 Å². The number of fused-ring (bicyclic) bond motifs is 1. The van der Waals surface area contributed by atoms with Gasteiger partial charge in [0.25, 0.3) is 0 Å². The van der Waals surface area contributed by atoms with Crippen molar-refractivity contribution in [1.29, 1.82) is 0 Å². The van der Waals surface area contributed by atoms with Crippen molar-refractivity contribution in [1.82, 2.24) is 0 Å². The van der Waals surface area contributed by atoms with Crippen molar-refractivity contribution < 1.29 is 17.9 Å². The highest BCUT2D eigenvalue weighted by molar-refractivity contribution is 7.92. The molecular weight excluding hydrogens is 264 g/mol. The molecule has 1 aromatic heterocycles. The molecule has 0 fully saturated rings. The Hall–Kier alpha value is -1.33. The zero-order chi connectivity index (χ0) is 14.4. The number of aliphatic hydroxyl groups is 1. The Morgan fingerprint density at radius 1 is 1.26 bits per heavy atom. The third kappa shape index (κ3) is 2.40. The highest BCUT2D eigenvalue weighted by atomic mass is 32.2. The minimum absolute atomic E-state index is 0.274. The zero-order valence-corrected chi connectivity index (χ0v) is 12.3. The quantitative estimate of drug-likeness (QED) is 0.939. The number of aryl methyl sites for hydroxylation is 1. The van der Waals surface area contributed by atoms with Crippen LogP contribution in [0.3, 0.4) is 0 Å². The zero-order valence-electron chi connectivity index (χ0n) is 11.5. The maximum atomic E-state index is 11.7. The van der Waals surface area contributed by atoms with Crippen LogP contribution in [0.2, 0.25) is 0 Å². The topological polar surface area (TPSA) is 67.5 Å². The van der Waals surface area contributed by atoms with E-state index in [1.807, 2.05) is 25.1 Å². The van der Waals surface area contributed by atoms with Crippen LogP contribution in [0.5, 0.6) is 0 Å². The molecule has 0 aliphatic rings. The fourth-order valence-corrected chi connectivity index (χ4v) is 2.39. The van der Waals surface area contributed by atoms with E-state index in [-0.39, 0.29) is 5.76 Å². The van der Waals surface area contributed by atoms with Gasteiger partial charge in [-0.05, 0) is 39.0 Å². The van der Waals surface area contributed by atoms with Crippen molar-refractivity contribution in [3.63, 3.8) is 0 Å². The summed E-state index contributed by atoms with van der Waals surface area (Å²) in [6, 6.07) is 7.35. The van der Waals surface area contributed by atoms with Crippen molar-refractivity contribution in [3.05, 3.63) is 35.6 Å². The molecule has 0 amide bonds. The molecule has 0 saturated heterocycles. The van der Waals surface area contributed by atoms with E-state index in [9.17, 15) is 13.5 Å². The lowest BCUT2D eigenvalue weighted by Gasteiger charge is -2.26. The third-order valence-corrected chi connectivity index (χ3v) is 5.71. The summed E-state index contributed by atoms with van der Waals surface area (Å²) in [6.45, 7) is 4.94. The van der Waals surface area contributed by atoms with Crippen LogP contribution < -0.4 is 0 Å². The number of rotatable bonds is 3. The summed E-state index contributed by atoms with van der Waals surface area (Å²) >= 11 is 0. The van der Waals surface area contributed by atoms with Gasteiger partial charge in [-0.2, -0.15) is 0 Å². The molecule has 1 heterocycles. The van der Waals surface area contributed by atoms with Gasteiger partial charge < -0.3 is 9.52 Å². The van der Waals surface area contributed by atoms with Crippen LogP contribution in [0.1, 0.15) is 31.3 Å². The first kappa shape index (κ1) is 14.1. The molecule has 1 N–H and O–H groups in total. The van der Waals surface area contributed by atoms with Gasteiger partial charge in [-0.3, -0.25) is 0 Å². The van der Waals surface area contributed by atoms with Gasteiger partial charge in [0.05, 0.1) is 4.75 Å². The summed E-state index contributed by atoms with van der Waals surface area (Å²) in [7, 11) is -3.41. The first-order valence-corrected chi connectivity index (χ1v) is 7.90. The van der Waals surface area contributed by atoms with E-state index in [2.05, 4.69) is 0 Å². The summed E-state index contributed by atoms with van der Waals surface area (Å²) in [6.07, 6.45) is -0.0848.